The summed E-state index contributed by atoms with van der Waals surface area (Å²) in [6.07, 6.45) is 0.874. The van der Waals surface area contributed by atoms with Gasteiger partial charge in [-0.05, 0) is 43.2 Å². The molecule has 2 aromatic carbocycles. The number of para-hydroxylation sites is 1. The molecule has 2 N–H and O–H groups in total. The third kappa shape index (κ3) is 6.24. The first kappa shape index (κ1) is 20.7. The Hall–Kier alpha value is -3.02. The average Bonchev–Trinajstić information content (AvgIpc) is 2.75. The summed E-state index contributed by atoms with van der Waals surface area (Å²) in [6, 6.07) is 18.6. The number of rotatable bonds is 6. The van der Waals surface area contributed by atoms with Crippen molar-refractivity contribution in [3.8, 4) is 0 Å². The van der Waals surface area contributed by atoms with Crippen LogP contribution in [0.4, 0.5) is 11.4 Å². The number of nitrogens with zero attached hydrogens (tertiary/aromatic N) is 3. The molecular formula is C23H31N5O. The fourth-order valence-electron chi connectivity index (χ4n) is 3.49. The Balaban J connectivity index is 1.53. The molecule has 1 fully saturated rings. The van der Waals surface area contributed by atoms with E-state index < -0.39 is 0 Å². The molecule has 0 spiro atoms. The van der Waals surface area contributed by atoms with E-state index in [-0.39, 0.29) is 5.91 Å². The van der Waals surface area contributed by atoms with Crippen LogP contribution in [0.1, 0.15) is 19.4 Å². The van der Waals surface area contributed by atoms with E-state index >= 15 is 0 Å². The van der Waals surface area contributed by atoms with Crippen LogP contribution >= 0.6 is 0 Å². The molecule has 154 valence electrons. The molecule has 0 atom stereocenters. The van der Waals surface area contributed by atoms with Crippen LogP contribution in [-0.4, -0.2) is 56.0 Å². The first-order chi connectivity index (χ1) is 14.2. The summed E-state index contributed by atoms with van der Waals surface area (Å²) in [5.41, 5.74) is 3.33. The summed E-state index contributed by atoms with van der Waals surface area (Å²) in [4.78, 5) is 20.7. The fourth-order valence-corrected chi connectivity index (χ4v) is 3.49. The summed E-state index contributed by atoms with van der Waals surface area (Å²) in [6.45, 7) is 9.15. The first-order valence-electron chi connectivity index (χ1n) is 10.4. The molecule has 1 amide bonds. The van der Waals surface area contributed by atoms with Gasteiger partial charge in [0.2, 0.25) is 5.91 Å². The number of amides is 1. The van der Waals surface area contributed by atoms with Crippen LogP contribution in [0.5, 0.6) is 0 Å². The fraction of sp³-hybridized carbons (Fsp3) is 0.391. The third-order valence-electron chi connectivity index (χ3n) is 4.97. The summed E-state index contributed by atoms with van der Waals surface area (Å²) in [5, 5.41) is 6.23. The topological polar surface area (TPSA) is 60.0 Å². The Kier molecular flexibility index (Phi) is 7.50. The Morgan fingerprint density at radius 1 is 1.00 bits per heavy atom. The van der Waals surface area contributed by atoms with Gasteiger partial charge in [0.1, 0.15) is 0 Å². The molecular weight excluding hydrogens is 362 g/mol. The Labute approximate surface area is 173 Å². The van der Waals surface area contributed by atoms with Crippen LogP contribution < -0.4 is 15.5 Å². The highest BCUT2D eigenvalue weighted by molar-refractivity contribution is 5.88. The van der Waals surface area contributed by atoms with Gasteiger partial charge in [-0.3, -0.25) is 9.79 Å². The zero-order valence-corrected chi connectivity index (χ0v) is 17.4. The molecule has 3 rings (SSSR count). The minimum absolute atomic E-state index is 0.0509. The second kappa shape index (κ2) is 10.5. The van der Waals surface area contributed by atoms with Crippen molar-refractivity contribution in [2.24, 2.45) is 4.99 Å². The van der Waals surface area contributed by atoms with Crippen molar-refractivity contribution in [3.63, 3.8) is 0 Å². The van der Waals surface area contributed by atoms with Crippen LogP contribution in [0, 0.1) is 0 Å². The molecule has 29 heavy (non-hydrogen) atoms. The van der Waals surface area contributed by atoms with Gasteiger partial charge in [0, 0.05) is 57.6 Å². The van der Waals surface area contributed by atoms with Gasteiger partial charge in [-0.1, -0.05) is 30.3 Å². The number of hydrogen-bond acceptors (Lipinski definition) is 3. The largest absolute Gasteiger partial charge is 0.368 e. The summed E-state index contributed by atoms with van der Waals surface area (Å²) >= 11 is 0. The van der Waals surface area contributed by atoms with Gasteiger partial charge in [0.25, 0.3) is 0 Å². The molecule has 0 saturated carbocycles. The second-order valence-electron chi connectivity index (χ2n) is 7.17. The van der Waals surface area contributed by atoms with E-state index in [0.717, 1.165) is 57.3 Å². The van der Waals surface area contributed by atoms with Crippen molar-refractivity contribution in [1.29, 1.82) is 0 Å². The van der Waals surface area contributed by atoms with Gasteiger partial charge < -0.3 is 20.4 Å². The molecule has 1 heterocycles. The number of hydrogen-bond donors (Lipinski definition) is 2. The summed E-state index contributed by atoms with van der Waals surface area (Å²) < 4.78 is 0. The second-order valence-corrected chi connectivity index (χ2v) is 7.17. The van der Waals surface area contributed by atoms with E-state index in [9.17, 15) is 4.79 Å². The number of piperazine rings is 1. The molecule has 0 bridgehead atoms. The number of aliphatic imine (C=N–C) groups is 1. The van der Waals surface area contributed by atoms with Crippen molar-refractivity contribution in [1.82, 2.24) is 10.2 Å². The molecule has 1 saturated heterocycles. The van der Waals surface area contributed by atoms with Gasteiger partial charge >= 0.3 is 0 Å². The van der Waals surface area contributed by atoms with Crippen LogP contribution in [0.2, 0.25) is 0 Å². The first-order valence-corrected chi connectivity index (χ1v) is 10.4. The third-order valence-corrected chi connectivity index (χ3v) is 4.97. The predicted octanol–water partition coefficient (Wildman–Crippen LogP) is 2.98. The number of carbonyl (C=O) groups excluding carboxylic acids is 1. The number of carbonyl (C=O) groups is 1. The molecule has 6 nitrogen and oxygen atoms in total. The smallest absolute Gasteiger partial charge is 0.221 e. The number of nitrogens with one attached hydrogen (secondary N) is 2. The number of anilines is 2. The van der Waals surface area contributed by atoms with E-state index in [1.807, 2.05) is 24.3 Å². The normalized spacial score (nSPS) is 14.6. The van der Waals surface area contributed by atoms with Gasteiger partial charge in [0.05, 0.1) is 0 Å². The van der Waals surface area contributed by atoms with Gasteiger partial charge in [-0.2, -0.15) is 0 Å². The van der Waals surface area contributed by atoms with Gasteiger partial charge in [-0.15, -0.1) is 0 Å². The maximum absolute atomic E-state index is 11.1. The molecule has 2 aromatic rings. The van der Waals surface area contributed by atoms with E-state index in [2.05, 4.69) is 57.7 Å². The minimum atomic E-state index is -0.0509. The van der Waals surface area contributed by atoms with Crippen molar-refractivity contribution >= 4 is 23.2 Å². The minimum Gasteiger partial charge on any atom is -0.368 e. The van der Waals surface area contributed by atoms with E-state index in [1.165, 1.54) is 18.2 Å². The predicted molar refractivity (Wildman–Crippen MR) is 121 cm³/mol. The standard InChI is InChI=1S/C23H31N5O/c1-3-24-23(25-14-13-20-9-11-21(12-10-20)26-19(2)29)28-17-15-27(16-18-28)22-7-5-4-6-8-22/h4-12H,3,13-18H2,1-2H3,(H,24,25)(H,26,29). The Morgan fingerprint density at radius 2 is 1.69 bits per heavy atom. The Morgan fingerprint density at radius 3 is 2.31 bits per heavy atom. The molecule has 1 aliphatic rings. The SMILES string of the molecule is CCNC(=NCCc1ccc(NC(C)=O)cc1)N1CCN(c2ccccc2)CC1. The quantitative estimate of drug-likeness (QED) is 0.585. The maximum atomic E-state index is 11.1. The van der Waals surface area contributed by atoms with Crippen LogP contribution in [0.15, 0.2) is 59.6 Å². The maximum Gasteiger partial charge on any atom is 0.221 e. The highest BCUT2D eigenvalue weighted by Gasteiger charge is 2.19. The summed E-state index contributed by atoms with van der Waals surface area (Å²) in [7, 11) is 0. The lowest BCUT2D eigenvalue weighted by molar-refractivity contribution is -0.114. The van der Waals surface area contributed by atoms with Crippen molar-refractivity contribution < 1.29 is 4.79 Å². The lowest BCUT2D eigenvalue weighted by Gasteiger charge is -2.37. The highest BCUT2D eigenvalue weighted by atomic mass is 16.1. The monoisotopic (exact) mass is 393 g/mol. The molecule has 0 unspecified atom stereocenters. The van der Waals surface area contributed by atoms with Crippen molar-refractivity contribution in [3.05, 3.63) is 60.2 Å². The number of guanidine groups is 1. The van der Waals surface area contributed by atoms with Crippen LogP contribution in [-0.2, 0) is 11.2 Å². The lowest BCUT2D eigenvalue weighted by Crippen LogP contribution is -2.52. The van der Waals surface area contributed by atoms with Crippen LogP contribution in [0.3, 0.4) is 0 Å². The van der Waals surface area contributed by atoms with Crippen LogP contribution in [0.25, 0.3) is 0 Å². The van der Waals surface area contributed by atoms with E-state index in [4.69, 9.17) is 4.99 Å². The van der Waals surface area contributed by atoms with E-state index in [0.29, 0.717) is 0 Å². The number of benzene rings is 2. The van der Waals surface area contributed by atoms with Crippen molar-refractivity contribution in [2.75, 3.05) is 49.5 Å². The van der Waals surface area contributed by atoms with E-state index in [1.54, 1.807) is 0 Å². The zero-order valence-electron chi connectivity index (χ0n) is 17.4. The molecule has 0 aliphatic carbocycles. The molecule has 1 aliphatic heterocycles. The molecule has 6 heteroatoms. The highest BCUT2D eigenvalue weighted by Crippen LogP contribution is 2.15. The summed E-state index contributed by atoms with van der Waals surface area (Å²) in [5.74, 6) is 0.945. The van der Waals surface area contributed by atoms with Gasteiger partial charge in [0.15, 0.2) is 5.96 Å². The Bertz CT molecular complexity index is 796. The molecule has 0 aromatic heterocycles. The lowest BCUT2D eigenvalue weighted by atomic mass is 10.1. The van der Waals surface area contributed by atoms with Gasteiger partial charge in [-0.25, -0.2) is 0 Å². The average molecular weight is 394 g/mol. The molecule has 0 radical (unpaired) electrons. The van der Waals surface area contributed by atoms with Crippen molar-refractivity contribution in [2.45, 2.75) is 20.3 Å². The zero-order chi connectivity index (χ0) is 20.5.